The average Bonchev–Trinajstić information content (AvgIpc) is 3.69. The second-order valence-corrected chi connectivity index (χ2v) is 18.4. The molecule has 10 aromatic rings. The molecule has 0 N–H and O–H groups in total. The molecule has 0 amide bonds. The highest BCUT2D eigenvalue weighted by molar-refractivity contribution is 6.25. The Hall–Kier alpha value is -6.52. The first-order chi connectivity index (χ1) is 27.4. The molecule has 1 spiro atoms. The first-order valence-corrected chi connectivity index (χ1v) is 20.0. The standard InChI is InChI=1S/C53H40N2O2/c1-51(2,3)29-24-36-45-41(26-29)53(39-21-13-10-18-32(39)33-19-11-14-22-40(33)53)42-27-30(52(4,5)6)25-37-46(42)55(45)48-38(49(36)56)28-35-34-20-12-15-23-43(34)54(31-16-8-7-9-17-31)47(35)44(48)50(37)57/h7-28H,1-6H3. The smallest absolute Gasteiger partial charge is 0.199 e. The molecule has 4 heterocycles. The van der Waals surface area contributed by atoms with Gasteiger partial charge in [0.2, 0.25) is 0 Å². The summed E-state index contributed by atoms with van der Waals surface area (Å²) in [5.74, 6) is 0. The number of pyridine rings is 2. The number of fused-ring (bicyclic) bond motifs is 11. The molecule has 7 aromatic carbocycles. The summed E-state index contributed by atoms with van der Waals surface area (Å²) in [6.45, 7) is 13.4. The van der Waals surface area contributed by atoms with Crippen LogP contribution in [0.25, 0.3) is 76.7 Å². The summed E-state index contributed by atoms with van der Waals surface area (Å²) >= 11 is 0. The van der Waals surface area contributed by atoms with Crippen molar-refractivity contribution >= 4 is 59.9 Å². The highest BCUT2D eigenvalue weighted by Gasteiger charge is 2.51. The first-order valence-electron chi connectivity index (χ1n) is 20.0. The van der Waals surface area contributed by atoms with Gasteiger partial charge in [0.25, 0.3) is 0 Å². The summed E-state index contributed by atoms with van der Waals surface area (Å²) in [4.78, 5) is 31.6. The molecule has 0 fully saturated rings. The van der Waals surface area contributed by atoms with E-state index in [1.807, 2.05) is 30.3 Å². The second kappa shape index (κ2) is 10.5. The maximum absolute atomic E-state index is 16.0. The Labute approximate surface area is 329 Å². The molecule has 12 rings (SSSR count). The van der Waals surface area contributed by atoms with Gasteiger partial charge < -0.3 is 8.97 Å². The minimum atomic E-state index is -0.779. The van der Waals surface area contributed by atoms with Crippen LogP contribution in [0.5, 0.6) is 0 Å². The van der Waals surface area contributed by atoms with Crippen molar-refractivity contribution in [2.24, 2.45) is 0 Å². The summed E-state index contributed by atoms with van der Waals surface area (Å²) in [5.41, 5.74) is 13.0. The van der Waals surface area contributed by atoms with Crippen LogP contribution in [-0.4, -0.2) is 8.97 Å². The number of para-hydroxylation sites is 2. The molecule has 0 unspecified atom stereocenters. The predicted octanol–water partition coefficient (Wildman–Crippen LogP) is 11.9. The number of nitrogens with zero attached hydrogens (tertiary/aromatic N) is 2. The summed E-state index contributed by atoms with van der Waals surface area (Å²) in [6.07, 6.45) is 0. The topological polar surface area (TPSA) is 43.5 Å². The van der Waals surface area contributed by atoms with Crippen molar-refractivity contribution in [3.8, 4) is 16.8 Å². The van der Waals surface area contributed by atoms with Crippen molar-refractivity contribution in [2.75, 3.05) is 0 Å². The van der Waals surface area contributed by atoms with Crippen molar-refractivity contribution in [1.29, 1.82) is 0 Å². The number of hydrogen-bond acceptors (Lipinski definition) is 2. The molecular weight excluding hydrogens is 697 g/mol. The molecule has 0 atom stereocenters. The fraction of sp³-hybridized carbons (Fsp3) is 0.170. The quantitative estimate of drug-likeness (QED) is 0.124. The SMILES string of the molecule is CC(C)(C)c1cc2c3c(c1)c(=O)c1cc4c5ccccc5n(-c5ccccc5)c4c4c(=O)c5cc(C(C)(C)C)cc(c5n3c14)C21c2ccccc2-c2ccccc21. The largest absolute Gasteiger partial charge is 0.308 e. The van der Waals surface area contributed by atoms with E-state index in [4.69, 9.17) is 0 Å². The number of hydrogen-bond donors (Lipinski definition) is 0. The van der Waals surface area contributed by atoms with Gasteiger partial charge in [-0.3, -0.25) is 9.59 Å². The molecule has 4 nitrogen and oxygen atoms in total. The van der Waals surface area contributed by atoms with E-state index in [2.05, 4.69) is 154 Å². The Bertz CT molecular complexity index is 3500. The van der Waals surface area contributed by atoms with Crippen molar-refractivity contribution in [3.05, 3.63) is 187 Å². The Balaban J connectivity index is 1.45. The zero-order valence-electron chi connectivity index (χ0n) is 32.9. The van der Waals surface area contributed by atoms with E-state index in [-0.39, 0.29) is 21.7 Å². The van der Waals surface area contributed by atoms with E-state index in [1.165, 1.54) is 22.3 Å². The van der Waals surface area contributed by atoms with Crippen LogP contribution in [0.4, 0.5) is 0 Å². The van der Waals surface area contributed by atoms with Crippen molar-refractivity contribution in [3.63, 3.8) is 0 Å². The van der Waals surface area contributed by atoms with Crippen LogP contribution in [0.1, 0.15) is 74.9 Å². The van der Waals surface area contributed by atoms with Crippen molar-refractivity contribution < 1.29 is 0 Å². The van der Waals surface area contributed by atoms with Gasteiger partial charge in [0.15, 0.2) is 10.9 Å². The van der Waals surface area contributed by atoms with Crippen LogP contribution in [0.2, 0.25) is 0 Å². The van der Waals surface area contributed by atoms with E-state index in [0.29, 0.717) is 27.1 Å². The number of benzene rings is 7. The van der Waals surface area contributed by atoms with Gasteiger partial charge in [-0.25, -0.2) is 0 Å². The van der Waals surface area contributed by atoms with Gasteiger partial charge >= 0.3 is 0 Å². The lowest BCUT2D eigenvalue weighted by molar-refractivity contribution is 0.586. The van der Waals surface area contributed by atoms with Crippen LogP contribution in [0, 0.1) is 0 Å². The van der Waals surface area contributed by atoms with Gasteiger partial charge in [-0.05, 0) is 91.7 Å². The lowest BCUT2D eigenvalue weighted by atomic mass is 9.63. The van der Waals surface area contributed by atoms with Crippen molar-refractivity contribution in [1.82, 2.24) is 8.97 Å². The van der Waals surface area contributed by atoms with E-state index < -0.39 is 5.41 Å². The molecule has 1 aliphatic carbocycles. The van der Waals surface area contributed by atoms with Crippen LogP contribution >= 0.6 is 0 Å². The summed E-state index contributed by atoms with van der Waals surface area (Å²) in [6, 6.07) is 47.3. The van der Waals surface area contributed by atoms with Gasteiger partial charge in [-0.15, -0.1) is 0 Å². The molecule has 2 aliphatic rings. The molecule has 1 aliphatic heterocycles. The minimum absolute atomic E-state index is 0.0379. The van der Waals surface area contributed by atoms with Crippen LogP contribution < -0.4 is 10.9 Å². The molecule has 4 heteroatoms. The van der Waals surface area contributed by atoms with Crippen molar-refractivity contribution in [2.45, 2.75) is 57.8 Å². The second-order valence-electron chi connectivity index (χ2n) is 18.4. The maximum atomic E-state index is 16.0. The monoisotopic (exact) mass is 736 g/mol. The Morgan fingerprint density at radius 2 is 0.947 bits per heavy atom. The highest BCUT2D eigenvalue weighted by Crippen LogP contribution is 2.61. The lowest BCUT2D eigenvalue weighted by Gasteiger charge is -2.41. The average molecular weight is 737 g/mol. The molecule has 0 radical (unpaired) electrons. The van der Waals surface area contributed by atoms with Gasteiger partial charge in [0.05, 0.1) is 38.4 Å². The van der Waals surface area contributed by atoms with E-state index >= 15 is 9.59 Å². The van der Waals surface area contributed by atoms with Gasteiger partial charge in [-0.1, -0.05) is 139 Å². The zero-order valence-corrected chi connectivity index (χ0v) is 32.9. The Kier molecular flexibility index (Phi) is 6.00. The molecule has 3 aromatic heterocycles. The summed E-state index contributed by atoms with van der Waals surface area (Å²) in [7, 11) is 0. The normalized spacial score (nSPS) is 14.4. The fourth-order valence-corrected chi connectivity index (χ4v) is 10.7. The third-order valence-electron chi connectivity index (χ3n) is 13.3. The predicted molar refractivity (Wildman–Crippen MR) is 236 cm³/mol. The number of aromatic nitrogens is 2. The molecule has 274 valence electrons. The molecule has 0 saturated carbocycles. The van der Waals surface area contributed by atoms with E-state index in [1.54, 1.807) is 0 Å². The molecule has 0 saturated heterocycles. The maximum Gasteiger partial charge on any atom is 0.199 e. The Morgan fingerprint density at radius 3 is 1.54 bits per heavy atom. The summed E-state index contributed by atoms with van der Waals surface area (Å²) < 4.78 is 4.57. The molecular formula is C53H40N2O2. The fourth-order valence-electron chi connectivity index (χ4n) is 10.7. The lowest BCUT2D eigenvalue weighted by Crippen LogP contribution is -2.35. The summed E-state index contributed by atoms with van der Waals surface area (Å²) in [5, 5.41) is 4.45. The van der Waals surface area contributed by atoms with E-state index in [0.717, 1.165) is 60.8 Å². The van der Waals surface area contributed by atoms with Gasteiger partial charge in [0, 0.05) is 32.6 Å². The van der Waals surface area contributed by atoms with Crippen LogP contribution in [0.3, 0.4) is 0 Å². The highest BCUT2D eigenvalue weighted by atomic mass is 16.1. The third kappa shape index (κ3) is 3.84. The minimum Gasteiger partial charge on any atom is -0.308 e. The first kappa shape index (κ1) is 32.7. The van der Waals surface area contributed by atoms with Gasteiger partial charge in [-0.2, -0.15) is 0 Å². The Morgan fingerprint density at radius 1 is 0.439 bits per heavy atom. The van der Waals surface area contributed by atoms with Gasteiger partial charge in [0.1, 0.15) is 0 Å². The third-order valence-corrected chi connectivity index (χ3v) is 13.3. The van der Waals surface area contributed by atoms with Crippen LogP contribution in [-0.2, 0) is 16.2 Å². The zero-order chi connectivity index (χ0) is 38.9. The van der Waals surface area contributed by atoms with E-state index in [9.17, 15) is 0 Å². The molecule has 0 bridgehead atoms. The number of rotatable bonds is 1. The molecule has 57 heavy (non-hydrogen) atoms. The van der Waals surface area contributed by atoms with Crippen LogP contribution in [0.15, 0.2) is 143 Å².